The second-order valence-electron chi connectivity index (χ2n) is 10.3. The van der Waals surface area contributed by atoms with Crippen LogP contribution in [0.2, 0.25) is 0 Å². The van der Waals surface area contributed by atoms with E-state index < -0.39 is 0 Å². The highest BCUT2D eigenvalue weighted by Crippen LogP contribution is 2.42. The molecule has 5 rings (SSSR count). The molecule has 182 valence electrons. The Morgan fingerprint density at radius 1 is 1.09 bits per heavy atom. The summed E-state index contributed by atoms with van der Waals surface area (Å²) in [5.41, 5.74) is 4.10. The molecule has 0 saturated heterocycles. The SMILES string of the molecule is Cn1c(SCc2cncc(OCc3ccccc3)c2)nnc1-c1cc2c(s1)CCC(C(C)(C)C)C2. The Morgan fingerprint density at radius 2 is 1.91 bits per heavy atom. The Balaban J connectivity index is 1.23. The Labute approximate surface area is 216 Å². The molecular weight excluding hydrogens is 472 g/mol. The largest absolute Gasteiger partial charge is 0.487 e. The molecular formula is C28H32N4OS2. The molecule has 1 aliphatic rings. The quantitative estimate of drug-likeness (QED) is 0.255. The van der Waals surface area contributed by atoms with E-state index in [0.717, 1.165) is 39.5 Å². The molecule has 1 atom stereocenters. The van der Waals surface area contributed by atoms with Crippen LogP contribution in [0.15, 0.2) is 60.0 Å². The molecule has 0 radical (unpaired) electrons. The molecule has 4 aromatic rings. The number of thioether (sulfide) groups is 1. The minimum absolute atomic E-state index is 0.354. The lowest BCUT2D eigenvalue weighted by molar-refractivity contribution is 0.217. The van der Waals surface area contributed by atoms with Gasteiger partial charge < -0.3 is 9.30 Å². The van der Waals surface area contributed by atoms with Crippen LogP contribution in [0.4, 0.5) is 0 Å². The van der Waals surface area contributed by atoms with Crippen molar-refractivity contribution in [1.82, 2.24) is 19.7 Å². The maximum atomic E-state index is 5.94. The average molecular weight is 505 g/mol. The number of nitrogens with zero attached hydrogens (tertiary/aromatic N) is 4. The van der Waals surface area contributed by atoms with Crippen molar-refractivity contribution in [1.29, 1.82) is 0 Å². The van der Waals surface area contributed by atoms with Crippen molar-refractivity contribution in [2.24, 2.45) is 18.4 Å². The fourth-order valence-corrected chi connectivity index (χ4v) is 6.60. The molecule has 0 saturated carbocycles. The normalized spacial score (nSPS) is 15.7. The van der Waals surface area contributed by atoms with Gasteiger partial charge in [0, 0.05) is 23.9 Å². The summed E-state index contributed by atoms with van der Waals surface area (Å²) in [6.07, 6.45) is 7.28. The third kappa shape index (κ3) is 5.62. The van der Waals surface area contributed by atoms with Crippen LogP contribution in [0.3, 0.4) is 0 Å². The van der Waals surface area contributed by atoms with E-state index in [9.17, 15) is 0 Å². The summed E-state index contributed by atoms with van der Waals surface area (Å²) in [4.78, 5) is 7.12. The minimum atomic E-state index is 0.354. The highest BCUT2D eigenvalue weighted by Gasteiger charge is 2.30. The minimum Gasteiger partial charge on any atom is -0.487 e. The van der Waals surface area contributed by atoms with Crippen LogP contribution in [0.5, 0.6) is 5.75 Å². The summed E-state index contributed by atoms with van der Waals surface area (Å²) in [5.74, 6) is 3.24. The fourth-order valence-electron chi connectivity index (χ4n) is 4.54. The van der Waals surface area contributed by atoms with Crippen LogP contribution in [0.1, 0.15) is 48.8 Å². The summed E-state index contributed by atoms with van der Waals surface area (Å²) in [6.45, 7) is 7.63. The summed E-state index contributed by atoms with van der Waals surface area (Å²) >= 11 is 3.57. The first kappa shape index (κ1) is 24.1. The molecule has 0 aliphatic heterocycles. The number of aryl methyl sites for hydroxylation is 1. The maximum Gasteiger partial charge on any atom is 0.191 e. The van der Waals surface area contributed by atoms with Crippen LogP contribution in [0.25, 0.3) is 10.7 Å². The highest BCUT2D eigenvalue weighted by atomic mass is 32.2. The number of benzene rings is 1. The van der Waals surface area contributed by atoms with E-state index in [1.807, 2.05) is 35.7 Å². The molecule has 1 aliphatic carbocycles. The van der Waals surface area contributed by atoms with Crippen LogP contribution < -0.4 is 4.74 Å². The maximum absolute atomic E-state index is 5.94. The molecule has 0 fully saturated rings. The first-order chi connectivity index (χ1) is 16.9. The molecule has 0 spiro atoms. The van der Waals surface area contributed by atoms with Crippen LogP contribution in [-0.4, -0.2) is 19.7 Å². The topological polar surface area (TPSA) is 52.8 Å². The third-order valence-corrected chi connectivity index (χ3v) is 9.07. The predicted molar refractivity (Wildman–Crippen MR) is 144 cm³/mol. The first-order valence-corrected chi connectivity index (χ1v) is 13.9. The van der Waals surface area contributed by atoms with Crippen molar-refractivity contribution in [3.63, 3.8) is 0 Å². The molecule has 0 N–H and O–H groups in total. The summed E-state index contributed by atoms with van der Waals surface area (Å²) in [5, 5.41) is 9.96. The lowest BCUT2D eigenvalue weighted by atomic mass is 9.72. The van der Waals surface area contributed by atoms with Crippen molar-refractivity contribution in [2.75, 3.05) is 0 Å². The standard InChI is InChI=1S/C28H32N4OS2/c1-28(2,3)22-10-11-24-21(13-22)14-25(35-24)26-30-31-27(32(26)4)34-18-20-12-23(16-29-15-20)33-17-19-8-6-5-7-9-19/h5-9,12,14-16,22H,10-11,13,17-18H2,1-4H3. The Bertz CT molecular complexity index is 1290. The summed E-state index contributed by atoms with van der Waals surface area (Å²) in [7, 11) is 2.06. The summed E-state index contributed by atoms with van der Waals surface area (Å²) < 4.78 is 8.05. The molecule has 1 aromatic carbocycles. The van der Waals surface area contributed by atoms with Gasteiger partial charge in [-0.05, 0) is 59.4 Å². The number of aromatic nitrogens is 4. The van der Waals surface area contributed by atoms with Gasteiger partial charge in [0.15, 0.2) is 11.0 Å². The fraction of sp³-hybridized carbons (Fsp3) is 0.393. The second kappa shape index (κ2) is 10.2. The number of thiophene rings is 1. The van der Waals surface area contributed by atoms with E-state index in [-0.39, 0.29) is 0 Å². The Kier molecular flexibility index (Phi) is 6.98. The average Bonchev–Trinajstić information content (AvgIpc) is 3.44. The third-order valence-electron chi connectivity index (χ3n) is 6.75. The number of pyridine rings is 1. The molecule has 1 unspecified atom stereocenters. The number of hydrogen-bond donors (Lipinski definition) is 0. The number of rotatable bonds is 7. The zero-order valence-corrected chi connectivity index (χ0v) is 22.5. The van der Waals surface area contributed by atoms with Gasteiger partial charge >= 0.3 is 0 Å². The molecule has 7 heteroatoms. The van der Waals surface area contributed by atoms with Crippen molar-refractivity contribution < 1.29 is 4.74 Å². The molecule has 0 amide bonds. The van der Waals surface area contributed by atoms with Gasteiger partial charge in [-0.25, -0.2) is 0 Å². The molecule has 5 nitrogen and oxygen atoms in total. The van der Waals surface area contributed by atoms with E-state index >= 15 is 0 Å². The van der Waals surface area contributed by atoms with Crippen LogP contribution in [0, 0.1) is 11.3 Å². The Morgan fingerprint density at radius 3 is 2.71 bits per heavy atom. The monoisotopic (exact) mass is 504 g/mol. The molecule has 3 aromatic heterocycles. The zero-order valence-electron chi connectivity index (χ0n) is 20.8. The van der Waals surface area contributed by atoms with E-state index in [1.54, 1.807) is 18.0 Å². The van der Waals surface area contributed by atoms with E-state index in [4.69, 9.17) is 4.74 Å². The summed E-state index contributed by atoms with van der Waals surface area (Å²) in [6, 6.07) is 14.6. The van der Waals surface area contributed by atoms with Crippen LogP contribution in [-0.2, 0) is 32.2 Å². The Hall–Kier alpha value is -2.64. The first-order valence-electron chi connectivity index (χ1n) is 12.1. The van der Waals surface area contributed by atoms with Gasteiger partial charge in [-0.15, -0.1) is 21.5 Å². The number of hydrogen-bond acceptors (Lipinski definition) is 6. The number of ether oxygens (including phenoxy) is 1. The lowest BCUT2D eigenvalue weighted by Crippen LogP contribution is -2.26. The van der Waals surface area contributed by atoms with E-state index in [0.29, 0.717) is 12.0 Å². The van der Waals surface area contributed by atoms with Crippen molar-refractivity contribution >= 4 is 23.1 Å². The molecule has 0 bridgehead atoms. The molecule has 3 heterocycles. The lowest BCUT2D eigenvalue weighted by Gasteiger charge is -2.33. The zero-order chi connectivity index (χ0) is 24.4. The van der Waals surface area contributed by atoms with E-state index in [1.165, 1.54) is 34.6 Å². The van der Waals surface area contributed by atoms with Gasteiger partial charge in [-0.1, -0.05) is 62.9 Å². The smallest absolute Gasteiger partial charge is 0.191 e. The highest BCUT2D eigenvalue weighted by molar-refractivity contribution is 7.98. The molecule has 35 heavy (non-hydrogen) atoms. The van der Waals surface area contributed by atoms with Gasteiger partial charge in [0.1, 0.15) is 12.4 Å². The van der Waals surface area contributed by atoms with Gasteiger partial charge in [-0.3, -0.25) is 4.98 Å². The van der Waals surface area contributed by atoms with Crippen LogP contribution >= 0.6 is 23.1 Å². The second-order valence-corrected chi connectivity index (χ2v) is 12.4. The van der Waals surface area contributed by atoms with Gasteiger partial charge in [-0.2, -0.15) is 0 Å². The number of fused-ring (bicyclic) bond motifs is 1. The van der Waals surface area contributed by atoms with Crippen molar-refractivity contribution in [2.45, 2.75) is 57.5 Å². The predicted octanol–water partition coefficient (Wildman–Crippen LogP) is 6.96. The van der Waals surface area contributed by atoms with Crippen molar-refractivity contribution in [3.05, 3.63) is 76.4 Å². The van der Waals surface area contributed by atoms with Gasteiger partial charge in [0.05, 0.1) is 11.1 Å². The van der Waals surface area contributed by atoms with Crippen molar-refractivity contribution in [3.8, 4) is 16.5 Å². The van der Waals surface area contributed by atoms with Gasteiger partial charge in [0.25, 0.3) is 0 Å². The van der Waals surface area contributed by atoms with E-state index in [2.05, 4.69) is 71.8 Å². The van der Waals surface area contributed by atoms with Gasteiger partial charge in [0.2, 0.25) is 0 Å².